The molecule has 0 aliphatic heterocycles. The number of carbonyl (C=O) groups is 2. The predicted molar refractivity (Wildman–Crippen MR) is 75.7 cm³/mol. The number of rotatable bonds is 4. The summed E-state index contributed by atoms with van der Waals surface area (Å²) in [6, 6.07) is 11.6. The van der Waals surface area contributed by atoms with Crippen LogP contribution in [0.1, 0.15) is 21.6 Å². The largest absolute Gasteiger partial charge is 0.360 e. The van der Waals surface area contributed by atoms with Crippen molar-refractivity contribution >= 4 is 23.0 Å². The Kier molecular flexibility index (Phi) is 3.13. The van der Waals surface area contributed by atoms with Crippen molar-refractivity contribution in [2.45, 2.75) is 6.42 Å². The van der Waals surface area contributed by atoms with E-state index in [1.54, 1.807) is 12.4 Å². The number of benzene rings is 1. The zero-order chi connectivity index (χ0) is 13.9. The van der Waals surface area contributed by atoms with Crippen LogP contribution in [0.15, 0.2) is 48.8 Å². The number of hydrogen-bond acceptors (Lipinski definition) is 3. The maximum Gasteiger partial charge on any atom is 0.227 e. The van der Waals surface area contributed by atoms with Gasteiger partial charge in [0.2, 0.25) is 5.78 Å². The van der Waals surface area contributed by atoms with Gasteiger partial charge in [0.15, 0.2) is 6.29 Å². The van der Waals surface area contributed by atoms with E-state index in [-0.39, 0.29) is 0 Å². The van der Waals surface area contributed by atoms with Gasteiger partial charge in [0, 0.05) is 35.4 Å². The summed E-state index contributed by atoms with van der Waals surface area (Å²) in [7, 11) is 0. The van der Waals surface area contributed by atoms with Gasteiger partial charge in [-0.05, 0) is 29.8 Å². The Morgan fingerprint density at radius 3 is 2.90 bits per heavy atom. The minimum absolute atomic E-state index is 0.341. The lowest BCUT2D eigenvalue weighted by Gasteiger charge is -2.02. The van der Waals surface area contributed by atoms with Gasteiger partial charge in [-0.3, -0.25) is 14.6 Å². The van der Waals surface area contributed by atoms with Crippen LogP contribution in [0, 0.1) is 0 Å². The van der Waals surface area contributed by atoms with Crippen molar-refractivity contribution in [1.29, 1.82) is 0 Å². The first-order chi connectivity index (χ1) is 9.78. The van der Waals surface area contributed by atoms with Gasteiger partial charge in [-0.25, -0.2) is 0 Å². The van der Waals surface area contributed by atoms with Crippen molar-refractivity contribution in [1.82, 2.24) is 9.97 Å². The van der Waals surface area contributed by atoms with Crippen LogP contribution in [0.25, 0.3) is 10.9 Å². The highest BCUT2D eigenvalue weighted by molar-refractivity contribution is 6.36. The average molecular weight is 264 g/mol. The molecule has 1 aromatic carbocycles. The number of nitrogens with one attached hydrogen (secondary N) is 1. The molecule has 3 rings (SSSR count). The molecule has 4 heteroatoms. The molecule has 0 unspecified atom stereocenters. The fourth-order valence-corrected chi connectivity index (χ4v) is 2.26. The molecule has 0 atom stereocenters. The second-order valence-corrected chi connectivity index (χ2v) is 4.56. The number of aldehydes is 1. The molecule has 20 heavy (non-hydrogen) atoms. The Morgan fingerprint density at radius 2 is 2.15 bits per heavy atom. The maximum absolute atomic E-state index is 11.6. The standard InChI is InChI=1S/C16H12N2O2/c19-10-16(20)14-9-18-15-5-4-11(8-13(14)15)7-12-3-1-2-6-17-12/h1-6,8-10,18H,7H2. The van der Waals surface area contributed by atoms with Crippen LogP contribution in [-0.4, -0.2) is 22.0 Å². The third-order valence-corrected chi connectivity index (χ3v) is 3.23. The highest BCUT2D eigenvalue weighted by Gasteiger charge is 2.11. The molecule has 0 saturated carbocycles. The third kappa shape index (κ3) is 2.23. The third-order valence-electron chi connectivity index (χ3n) is 3.23. The van der Waals surface area contributed by atoms with Crippen molar-refractivity contribution in [2.24, 2.45) is 0 Å². The van der Waals surface area contributed by atoms with Crippen molar-refractivity contribution in [3.63, 3.8) is 0 Å². The number of Topliss-reactive ketones (excluding diaryl/α,β-unsaturated/α-hetero) is 1. The van der Waals surface area contributed by atoms with E-state index in [1.807, 2.05) is 36.4 Å². The quantitative estimate of drug-likeness (QED) is 0.447. The van der Waals surface area contributed by atoms with E-state index >= 15 is 0 Å². The number of fused-ring (bicyclic) bond motifs is 1. The normalized spacial score (nSPS) is 10.6. The summed E-state index contributed by atoms with van der Waals surface area (Å²) in [6.07, 6.45) is 4.36. The van der Waals surface area contributed by atoms with Crippen LogP contribution < -0.4 is 0 Å². The van der Waals surface area contributed by atoms with Gasteiger partial charge >= 0.3 is 0 Å². The first-order valence-corrected chi connectivity index (χ1v) is 6.27. The van der Waals surface area contributed by atoms with Crippen LogP contribution in [0.4, 0.5) is 0 Å². The first kappa shape index (κ1) is 12.3. The van der Waals surface area contributed by atoms with Gasteiger partial charge in [-0.15, -0.1) is 0 Å². The second-order valence-electron chi connectivity index (χ2n) is 4.56. The summed E-state index contributed by atoms with van der Waals surface area (Å²) in [5.41, 5.74) is 3.28. The van der Waals surface area contributed by atoms with E-state index in [2.05, 4.69) is 9.97 Å². The lowest BCUT2D eigenvalue weighted by Crippen LogP contribution is -1.98. The summed E-state index contributed by atoms with van der Waals surface area (Å²) in [6.45, 7) is 0. The first-order valence-electron chi connectivity index (χ1n) is 6.27. The fraction of sp³-hybridized carbons (Fsp3) is 0.0625. The molecule has 2 heterocycles. The van der Waals surface area contributed by atoms with E-state index in [0.29, 0.717) is 18.3 Å². The number of nitrogens with zero attached hydrogens (tertiary/aromatic N) is 1. The van der Waals surface area contributed by atoms with Crippen molar-refractivity contribution in [3.05, 3.63) is 65.6 Å². The minimum atomic E-state index is -0.508. The van der Waals surface area contributed by atoms with Crippen molar-refractivity contribution in [3.8, 4) is 0 Å². The molecule has 3 aromatic rings. The minimum Gasteiger partial charge on any atom is -0.360 e. The number of pyridine rings is 1. The molecule has 0 radical (unpaired) electrons. The molecule has 0 aliphatic rings. The van der Waals surface area contributed by atoms with Gasteiger partial charge in [-0.1, -0.05) is 12.1 Å². The molecule has 98 valence electrons. The Balaban J connectivity index is 2.01. The molecule has 4 nitrogen and oxygen atoms in total. The molecule has 0 fully saturated rings. The highest BCUT2D eigenvalue weighted by Crippen LogP contribution is 2.21. The zero-order valence-corrected chi connectivity index (χ0v) is 10.7. The van der Waals surface area contributed by atoms with Crippen molar-refractivity contribution < 1.29 is 9.59 Å². The Labute approximate surface area is 115 Å². The number of hydrogen-bond donors (Lipinski definition) is 1. The molecule has 0 aliphatic carbocycles. The molecule has 0 saturated heterocycles. The highest BCUT2D eigenvalue weighted by atomic mass is 16.2. The number of H-pyrrole nitrogens is 1. The molecule has 1 N–H and O–H groups in total. The Hall–Kier alpha value is -2.75. The average Bonchev–Trinajstić information content (AvgIpc) is 2.91. The second kappa shape index (κ2) is 5.09. The molecular weight excluding hydrogens is 252 g/mol. The van der Waals surface area contributed by atoms with Crippen LogP contribution in [-0.2, 0) is 11.2 Å². The zero-order valence-electron chi connectivity index (χ0n) is 10.7. The maximum atomic E-state index is 11.6. The number of carbonyl (C=O) groups excluding carboxylic acids is 2. The Morgan fingerprint density at radius 1 is 1.25 bits per heavy atom. The predicted octanol–water partition coefficient (Wildman–Crippen LogP) is 2.54. The van der Waals surface area contributed by atoms with Crippen LogP contribution in [0.2, 0.25) is 0 Å². The lowest BCUT2D eigenvalue weighted by molar-refractivity contribution is -0.104. The number of aromatic amines is 1. The summed E-state index contributed by atoms with van der Waals surface area (Å²) in [5.74, 6) is -0.508. The molecular formula is C16H12N2O2. The van der Waals surface area contributed by atoms with Crippen molar-refractivity contribution in [2.75, 3.05) is 0 Å². The van der Waals surface area contributed by atoms with E-state index in [1.165, 1.54) is 0 Å². The van der Waals surface area contributed by atoms with E-state index in [4.69, 9.17) is 0 Å². The smallest absolute Gasteiger partial charge is 0.227 e. The van der Waals surface area contributed by atoms with Gasteiger partial charge in [0.05, 0.1) is 5.56 Å². The molecule has 2 aromatic heterocycles. The van der Waals surface area contributed by atoms with E-state index < -0.39 is 5.78 Å². The van der Waals surface area contributed by atoms with E-state index in [0.717, 1.165) is 22.2 Å². The topological polar surface area (TPSA) is 62.8 Å². The summed E-state index contributed by atoms with van der Waals surface area (Å²) >= 11 is 0. The van der Waals surface area contributed by atoms with Crippen LogP contribution >= 0.6 is 0 Å². The SMILES string of the molecule is O=CC(=O)c1c[nH]c2ccc(Cc3ccccn3)cc12. The van der Waals surface area contributed by atoms with Gasteiger partial charge in [0.1, 0.15) is 0 Å². The summed E-state index contributed by atoms with van der Waals surface area (Å²) in [4.78, 5) is 29.5. The molecule has 0 amide bonds. The molecule has 0 bridgehead atoms. The van der Waals surface area contributed by atoms with Gasteiger partial charge < -0.3 is 4.98 Å². The lowest BCUT2D eigenvalue weighted by atomic mass is 10.0. The molecule has 0 spiro atoms. The van der Waals surface area contributed by atoms with Crippen LogP contribution in [0.3, 0.4) is 0 Å². The summed E-state index contributed by atoms with van der Waals surface area (Å²) in [5, 5.41) is 0.774. The van der Waals surface area contributed by atoms with Gasteiger partial charge in [-0.2, -0.15) is 0 Å². The van der Waals surface area contributed by atoms with Gasteiger partial charge in [0.25, 0.3) is 0 Å². The fourth-order valence-electron chi connectivity index (χ4n) is 2.26. The Bertz CT molecular complexity index is 776. The summed E-state index contributed by atoms with van der Waals surface area (Å²) < 4.78 is 0. The number of ketones is 1. The monoisotopic (exact) mass is 264 g/mol. The van der Waals surface area contributed by atoms with Crippen LogP contribution in [0.5, 0.6) is 0 Å². The number of aromatic nitrogens is 2. The van der Waals surface area contributed by atoms with E-state index in [9.17, 15) is 9.59 Å².